The number of alkyl halides is 2. The molecule has 0 aliphatic rings. The van der Waals surface area contributed by atoms with Crippen LogP contribution in [0.2, 0.25) is 0 Å². The van der Waals surface area contributed by atoms with Crippen LogP contribution >= 0.6 is 45.2 Å². The first-order chi connectivity index (χ1) is 5.31. The number of rotatable bonds is 3. The Bertz CT molecular complexity index is 208. The van der Waals surface area contributed by atoms with Gasteiger partial charge in [0, 0.05) is 20.2 Å². The third-order valence-electron chi connectivity index (χ3n) is 1.71. The Hall–Kier alpha value is 0.740. The largest absolute Gasteiger partial charge is 0.361 e. The lowest BCUT2D eigenvalue weighted by Crippen LogP contribution is -1.82. The van der Waals surface area contributed by atoms with Crippen molar-refractivity contribution in [2.45, 2.75) is 22.2 Å². The zero-order chi connectivity index (χ0) is 8.27. The number of hydrogen-bond donors (Lipinski definition) is 1. The van der Waals surface area contributed by atoms with Crippen LogP contribution in [0, 0.1) is 0 Å². The smallest absolute Gasteiger partial charge is 0.0401 e. The van der Waals surface area contributed by atoms with Gasteiger partial charge in [0.05, 0.1) is 0 Å². The third kappa shape index (κ3) is 2.34. The SMILES string of the molecule is CCc1cc(CI)c(CI)[nH]1. The van der Waals surface area contributed by atoms with E-state index in [0.717, 1.165) is 15.3 Å². The fraction of sp³-hybridized carbons (Fsp3) is 0.500. The van der Waals surface area contributed by atoms with Crippen molar-refractivity contribution in [3.8, 4) is 0 Å². The monoisotopic (exact) mass is 375 g/mol. The number of aromatic nitrogens is 1. The lowest BCUT2D eigenvalue weighted by atomic mass is 10.2. The van der Waals surface area contributed by atoms with Gasteiger partial charge in [-0.25, -0.2) is 0 Å². The van der Waals surface area contributed by atoms with Gasteiger partial charge in [-0.05, 0) is 18.1 Å². The van der Waals surface area contributed by atoms with Crippen molar-refractivity contribution in [2.75, 3.05) is 0 Å². The van der Waals surface area contributed by atoms with Crippen LogP contribution in [0.3, 0.4) is 0 Å². The van der Waals surface area contributed by atoms with Crippen LogP contribution < -0.4 is 0 Å². The molecule has 1 aromatic rings. The minimum absolute atomic E-state index is 1.09. The van der Waals surface area contributed by atoms with Crippen LogP contribution in [0.5, 0.6) is 0 Å². The van der Waals surface area contributed by atoms with Gasteiger partial charge in [0.15, 0.2) is 0 Å². The third-order valence-corrected chi connectivity index (χ3v) is 3.29. The van der Waals surface area contributed by atoms with Crippen LogP contribution in [0.1, 0.15) is 23.9 Å². The fourth-order valence-electron chi connectivity index (χ4n) is 1.04. The summed E-state index contributed by atoms with van der Waals surface area (Å²) >= 11 is 4.81. The highest BCUT2D eigenvalue weighted by molar-refractivity contribution is 14.1. The van der Waals surface area contributed by atoms with Crippen molar-refractivity contribution < 1.29 is 0 Å². The van der Waals surface area contributed by atoms with Crippen LogP contribution in [0.15, 0.2) is 6.07 Å². The summed E-state index contributed by atoms with van der Waals surface area (Å²) in [7, 11) is 0. The maximum Gasteiger partial charge on any atom is 0.0401 e. The average Bonchev–Trinajstić information content (AvgIpc) is 2.46. The van der Waals surface area contributed by atoms with Gasteiger partial charge in [-0.2, -0.15) is 0 Å². The number of aromatic amines is 1. The first-order valence-corrected chi connectivity index (χ1v) is 6.68. The maximum atomic E-state index is 3.42. The molecule has 11 heavy (non-hydrogen) atoms. The van der Waals surface area contributed by atoms with E-state index in [1.807, 2.05) is 0 Å². The van der Waals surface area contributed by atoms with Gasteiger partial charge >= 0.3 is 0 Å². The highest BCUT2D eigenvalue weighted by Crippen LogP contribution is 2.17. The van der Waals surface area contributed by atoms with E-state index in [9.17, 15) is 0 Å². The number of hydrogen-bond acceptors (Lipinski definition) is 0. The van der Waals surface area contributed by atoms with Gasteiger partial charge in [0.25, 0.3) is 0 Å². The Balaban J connectivity index is 2.92. The molecule has 0 fully saturated rings. The molecule has 0 bridgehead atoms. The van der Waals surface area contributed by atoms with Gasteiger partial charge < -0.3 is 4.98 Å². The van der Waals surface area contributed by atoms with Crippen LogP contribution in [0.25, 0.3) is 0 Å². The molecule has 1 heterocycles. The standard InChI is InChI=1S/C8H11I2N/c1-2-7-3-6(4-9)8(5-10)11-7/h3,11H,2,4-5H2,1H3. The zero-order valence-electron chi connectivity index (χ0n) is 6.45. The minimum atomic E-state index is 1.09. The second-order valence-corrected chi connectivity index (χ2v) is 3.94. The van der Waals surface area contributed by atoms with Gasteiger partial charge in [-0.15, -0.1) is 0 Å². The summed E-state index contributed by atoms with van der Waals surface area (Å²) in [5, 5.41) is 0. The first-order valence-electron chi connectivity index (χ1n) is 3.63. The minimum Gasteiger partial charge on any atom is -0.361 e. The van der Waals surface area contributed by atoms with Crippen molar-refractivity contribution >= 4 is 45.2 Å². The summed E-state index contributed by atoms with van der Waals surface area (Å²) < 4.78 is 2.21. The number of nitrogens with one attached hydrogen (secondary N) is 1. The summed E-state index contributed by atoms with van der Waals surface area (Å²) in [4.78, 5) is 3.42. The van der Waals surface area contributed by atoms with E-state index in [4.69, 9.17) is 0 Å². The molecule has 0 aliphatic heterocycles. The Kier molecular flexibility index (Phi) is 4.19. The van der Waals surface area contributed by atoms with E-state index in [0.29, 0.717) is 0 Å². The molecule has 1 rings (SSSR count). The molecule has 0 atom stereocenters. The summed E-state index contributed by atoms with van der Waals surface area (Å²) in [6, 6.07) is 2.28. The molecule has 62 valence electrons. The van der Waals surface area contributed by atoms with E-state index in [1.54, 1.807) is 0 Å². The van der Waals surface area contributed by atoms with E-state index < -0.39 is 0 Å². The predicted octanol–water partition coefficient (Wildman–Crippen LogP) is 3.45. The van der Waals surface area contributed by atoms with Crippen molar-refractivity contribution in [1.82, 2.24) is 4.98 Å². The van der Waals surface area contributed by atoms with Gasteiger partial charge in [0.1, 0.15) is 0 Å². The average molecular weight is 375 g/mol. The Morgan fingerprint density at radius 3 is 2.45 bits per heavy atom. The van der Waals surface area contributed by atoms with Crippen LogP contribution in [-0.4, -0.2) is 4.98 Å². The number of aryl methyl sites for hydroxylation is 1. The van der Waals surface area contributed by atoms with E-state index in [1.165, 1.54) is 17.0 Å². The lowest BCUT2D eigenvalue weighted by molar-refractivity contribution is 1.04. The molecular formula is C8H11I2N. The lowest BCUT2D eigenvalue weighted by Gasteiger charge is -1.92. The number of halogens is 2. The molecule has 1 N–H and O–H groups in total. The summed E-state index contributed by atoms with van der Waals surface area (Å²) in [5.41, 5.74) is 4.23. The van der Waals surface area contributed by atoms with E-state index in [-0.39, 0.29) is 0 Å². The Labute approximate surface area is 94.6 Å². The van der Waals surface area contributed by atoms with Crippen LogP contribution in [-0.2, 0) is 15.3 Å². The summed E-state index contributed by atoms with van der Waals surface area (Å²) in [6.45, 7) is 2.18. The molecular weight excluding hydrogens is 364 g/mol. The Morgan fingerprint density at radius 2 is 2.09 bits per heavy atom. The van der Waals surface area contributed by atoms with Gasteiger partial charge in [-0.1, -0.05) is 52.1 Å². The van der Waals surface area contributed by atoms with Crippen molar-refractivity contribution in [3.63, 3.8) is 0 Å². The molecule has 0 radical (unpaired) electrons. The second kappa shape index (κ2) is 4.69. The molecule has 1 aromatic heterocycles. The second-order valence-electron chi connectivity index (χ2n) is 2.42. The van der Waals surface area contributed by atoms with E-state index in [2.05, 4.69) is 63.2 Å². The van der Waals surface area contributed by atoms with Crippen molar-refractivity contribution in [1.29, 1.82) is 0 Å². The van der Waals surface area contributed by atoms with Crippen molar-refractivity contribution in [3.05, 3.63) is 23.0 Å². The molecule has 0 aromatic carbocycles. The van der Waals surface area contributed by atoms with Crippen molar-refractivity contribution in [2.24, 2.45) is 0 Å². The van der Waals surface area contributed by atoms with Gasteiger partial charge in [-0.3, -0.25) is 0 Å². The molecule has 0 saturated heterocycles. The quantitative estimate of drug-likeness (QED) is 0.616. The summed E-state index contributed by atoms with van der Waals surface area (Å²) in [6.07, 6.45) is 1.11. The molecule has 1 nitrogen and oxygen atoms in total. The number of H-pyrrole nitrogens is 1. The molecule has 0 aliphatic carbocycles. The first kappa shape index (κ1) is 9.83. The highest BCUT2D eigenvalue weighted by atomic mass is 127. The summed E-state index contributed by atoms with van der Waals surface area (Å²) in [5.74, 6) is 0. The molecule has 0 unspecified atom stereocenters. The van der Waals surface area contributed by atoms with Gasteiger partial charge in [0.2, 0.25) is 0 Å². The molecule has 0 spiro atoms. The molecule has 0 amide bonds. The van der Waals surface area contributed by atoms with E-state index >= 15 is 0 Å². The fourth-order valence-corrected chi connectivity index (χ4v) is 2.40. The van der Waals surface area contributed by atoms with Crippen LogP contribution in [0.4, 0.5) is 0 Å². The molecule has 3 heteroatoms. The topological polar surface area (TPSA) is 15.8 Å². The molecule has 0 saturated carbocycles. The zero-order valence-corrected chi connectivity index (χ0v) is 10.8. The Morgan fingerprint density at radius 1 is 1.36 bits per heavy atom. The maximum absolute atomic E-state index is 3.42. The normalized spacial score (nSPS) is 10.5. The predicted molar refractivity (Wildman–Crippen MR) is 65.6 cm³/mol. The highest BCUT2D eigenvalue weighted by Gasteiger charge is 2.03.